The van der Waals surface area contributed by atoms with Crippen molar-refractivity contribution < 1.29 is 37.1 Å². The summed E-state index contributed by atoms with van der Waals surface area (Å²) in [5, 5.41) is 4.53. The van der Waals surface area contributed by atoms with Crippen LogP contribution in [-0.2, 0) is 25.3 Å². The first-order valence-electron chi connectivity index (χ1n) is 7.88. The molecule has 1 saturated heterocycles. The number of amides is 4. The molecule has 1 fully saturated rings. The molecule has 0 radical (unpaired) electrons. The van der Waals surface area contributed by atoms with E-state index in [1.165, 1.54) is 6.07 Å². The van der Waals surface area contributed by atoms with Gasteiger partial charge in [0, 0.05) is 18.7 Å². The van der Waals surface area contributed by atoms with E-state index in [2.05, 4.69) is 10.6 Å². The summed E-state index contributed by atoms with van der Waals surface area (Å²) in [6.07, 6.45) is -4.51. The molecule has 2 rings (SSSR count). The highest BCUT2D eigenvalue weighted by Crippen LogP contribution is 2.30. The molecule has 27 heavy (non-hydrogen) atoms. The molecule has 0 unspecified atom stereocenters. The van der Waals surface area contributed by atoms with Gasteiger partial charge in [0.25, 0.3) is 5.91 Å². The summed E-state index contributed by atoms with van der Waals surface area (Å²) in [6.45, 7) is -0.715. The van der Waals surface area contributed by atoms with Gasteiger partial charge < -0.3 is 15.4 Å². The molecular formula is C16H16F3N3O5. The molecule has 1 heterocycles. The van der Waals surface area contributed by atoms with Crippen molar-refractivity contribution in [1.29, 1.82) is 0 Å². The van der Waals surface area contributed by atoms with Gasteiger partial charge in [-0.25, -0.2) is 4.79 Å². The monoisotopic (exact) mass is 387 g/mol. The summed E-state index contributed by atoms with van der Waals surface area (Å²) < 4.78 is 42.5. The molecule has 1 aliphatic rings. The number of carbonyl (C=O) groups excluding carboxylic acids is 4. The molecule has 0 atom stereocenters. The van der Waals surface area contributed by atoms with Gasteiger partial charge in [-0.1, -0.05) is 6.07 Å². The van der Waals surface area contributed by atoms with Crippen molar-refractivity contribution in [3.05, 3.63) is 29.8 Å². The van der Waals surface area contributed by atoms with Crippen LogP contribution in [0.3, 0.4) is 0 Å². The van der Waals surface area contributed by atoms with Crippen LogP contribution in [0, 0.1) is 0 Å². The maximum absolute atomic E-state index is 12.6. The number of nitrogens with zero attached hydrogens (tertiary/aromatic N) is 1. The zero-order chi connectivity index (χ0) is 20.0. The van der Waals surface area contributed by atoms with E-state index in [4.69, 9.17) is 4.74 Å². The van der Waals surface area contributed by atoms with Gasteiger partial charge in [0.1, 0.15) is 0 Å². The summed E-state index contributed by atoms with van der Waals surface area (Å²) in [5.41, 5.74) is -0.998. The minimum Gasteiger partial charge on any atom is -0.456 e. The summed E-state index contributed by atoms with van der Waals surface area (Å²) in [6, 6.07) is 3.50. The van der Waals surface area contributed by atoms with Gasteiger partial charge in [0.05, 0.1) is 12.1 Å². The average Bonchev–Trinajstić information content (AvgIpc) is 2.91. The Balaban J connectivity index is 1.71. The van der Waals surface area contributed by atoms with Crippen LogP contribution >= 0.6 is 0 Å². The van der Waals surface area contributed by atoms with E-state index in [-0.39, 0.29) is 31.6 Å². The lowest BCUT2D eigenvalue weighted by molar-refractivity contribution is -0.147. The number of nitrogens with one attached hydrogen (secondary N) is 2. The lowest BCUT2D eigenvalue weighted by Gasteiger charge is -2.12. The first kappa shape index (κ1) is 20.2. The fourth-order valence-electron chi connectivity index (χ4n) is 2.25. The number of carbonyl (C=O) groups is 4. The zero-order valence-corrected chi connectivity index (χ0v) is 14.0. The number of hydrogen-bond acceptors (Lipinski definition) is 5. The number of hydrogen-bond donors (Lipinski definition) is 2. The molecule has 1 aromatic rings. The van der Waals surface area contributed by atoms with Crippen molar-refractivity contribution in [2.45, 2.75) is 19.0 Å². The highest BCUT2D eigenvalue weighted by molar-refractivity contribution is 6.01. The van der Waals surface area contributed by atoms with Gasteiger partial charge in [0.15, 0.2) is 6.61 Å². The third-order valence-electron chi connectivity index (χ3n) is 3.54. The number of esters is 1. The number of halogens is 3. The van der Waals surface area contributed by atoms with Crippen LogP contribution in [0.5, 0.6) is 0 Å². The predicted octanol–water partition coefficient (Wildman–Crippen LogP) is 1.52. The number of urea groups is 1. The molecule has 146 valence electrons. The maximum Gasteiger partial charge on any atom is 0.416 e. The largest absolute Gasteiger partial charge is 0.456 e. The third-order valence-corrected chi connectivity index (χ3v) is 3.54. The highest BCUT2D eigenvalue weighted by Gasteiger charge is 2.30. The number of anilines is 1. The van der Waals surface area contributed by atoms with Crippen LogP contribution in [0.1, 0.15) is 18.4 Å². The number of ether oxygens (including phenoxy) is 1. The van der Waals surface area contributed by atoms with Gasteiger partial charge in [-0.05, 0) is 24.6 Å². The fraction of sp³-hybridized carbons (Fsp3) is 0.375. The number of rotatable bonds is 7. The second-order valence-electron chi connectivity index (χ2n) is 5.60. The molecule has 0 bridgehead atoms. The average molecular weight is 387 g/mol. The normalized spacial score (nSPS) is 14.1. The van der Waals surface area contributed by atoms with E-state index < -0.39 is 42.2 Å². The Labute approximate surface area is 151 Å². The number of alkyl halides is 3. The second-order valence-corrected chi connectivity index (χ2v) is 5.60. The van der Waals surface area contributed by atoms with Crippen molar-refractivity contribution in [1.82, 2.24) is 10.2 Å². The van der Waals surface area contributed by atoms with Gasteiger partial charge in [-0.3, -0.25) is 19.3 Å². The van der Waals surface area contributed by atoms with Gasteiger partial charge in [-0.2, -0.15) is 13.2 Å². The van der Waals surface area contributed by atoms with E-state index in [0.717, 1.165) is 23.1 Å². The Morgan fingerprint density at radius 2 is 2.00 bits per heavy atom. The van der Waals surface area contributed by atoms with Crippen molar-refractivity contribution in [3.63, 3.8) is 0 Å². The smallest absolute Gasteiger partial charge is 0.416 e. The van der Waals surface area contributed by atoms with Crippen molar-refractivity contribution in [2.24, 2.45) is 0 Å². The van der Waals surface area contributed by atoms with Crippen LogP contribution < -0.4 is 10.6 Å². The van der Waals surface area contributed by atoms with Gasteiger partial charge in [0.2, 0.25) is 5.91 Å². The summed E-state index contributed by atoms with van der Waals surface area (Å²) >= 11 is 0. The van der Waals surface area contributed by atoms with Crippen LogP contribution in [0.15, 0.2) is 24.3 Å². The molecule has 11 heteroatoms. The van der Waals surface area contributed by atoms with Gasteiger partial charge in [-0.15, -0.1) is 0 Å². The summed E-state index contributed by atoms with van der Waals surface area (Å²) in [7, 11) is 0. The molecule has 0 aliphatic carbocycles. The predicted molar refractivity (Wildman–Crippen MR) is 85.4 cm³/mol. The first-order valence-corrected chi connectivity index (χ1v) is 7.88. The zero-order valence-electron chi connectivity index (χ0n) is 14.0. The Morgan fingerprint density at radius 3 is 2.63 bits per heavy atom. The van der Waals surface area contributed by atoms with E-state index in [1.54, 1.807) is 0 Å². The molecule has 0 aromatic heterocycles. The lowest BCUT2D eigenvalue weighted by Crippen LogP contribution is -2.32. The summed E-state index contributed by atoms with van der Waals surface area (Å²) in [4.78, 5) is 46.8. The molecule has 4 amide bonds. The van der Waals surface area contributed by atoms with Crippen LogP contribution in [-0.4, -0.2) is 48.4 Å². The first-order chi connectivity index (χ1) is 12.7. The molecule has 0 saturated carbocycles. The topological polar surface area (TPSA) is 105 Å². The standard InChI is InChI=1S/C16H16F3N3O5/c17-16(18,19)10-3-1-4-11(7-10)21-12(23)9-27-14(25)5-2-6-22-13(24)8-20-15(22)26/h1,3-4,7H,2,5-6,8-9H2,(H,20,26)(H,21,23). The Hall–Kier alpha value is -3.11. The van der Waals surface area contributed by atoms with Crippen molar-refractivity contribution in [3.8, 4) is 0 Å². The van der Waals surface area contributed by atoms with E-state index >= 15 is 0 Å². The maximum atomic E-state index is 12.6. The van der Waals surface area contributed by atoms with E-state index in [0.29, 0.717) is 0 Å². The molecule has 8 nitrogen and oxygen atoms in total. The SMILES string of the molecule is O=C(COC(=O)CCCN1C(=O)CNC1=O)Nc1cccc(C(F)(F)F)c1. The molecule has 1 aliphatic heterocycles. The van der Waals surface area contributed by atoms with Crippen molar-refractivity contribution >= 4 is 29.5 Å². The van der Waals surface area contributed by atoms with E-state index in [9.17, 15) is 32.3 Å². The van der Waals surface area contributed by atoms with Crippen LogP contribution in [0.4, 0.5) is 23.7 Å². The number of benzene rings is 1. The Morgan fingerprint density at radius 1 is 1.26 bits per heavy atom. The highest BCUT2D eigenvalue weighted by atomic mass is 19.4. The Bertz CT molecular complexity index is 735. The van der Waals surface area contributed by atoms with E-state index in [1.807, 2.05) is 0 Å². The molecular weight excluding hydrogens is 371 g/mol. The minimum absolute atomic E-state index is 0.0379. The quantitative estimate of drug-likeness (QED) is 0.545. The second kappa shape index (κ2) is 8.52. The minimum atomic E-state index is -4.54. The van der Waals surface area contributed by atoms with Crippen LogP contribution in [0.2, 0.25) is 0 Å². The van der Waals surface area contributed by atoms with Gasteiger partial charge >= 0.3 is 18.2 Å². The fourth-order valence-corrected chi connectivity index (χ4v) is 2.25. The summed E-state index contributed by atoms with van der Waals surface area (Å²) in [5.74, 6) is -1.92. The molecule has 0 spiro atoms. The molecule has 1 aromatic carbocycles. The van der Waals surface area contributed by atoms with Crippen LogP contribution in [0.25, 0.3) is 0 Å². The third kappa shape index (κ3) is 5.97. The Kier molecular flexibility index (Phi) is 6.37. The van der Waals surface area contributed by atoms with Crippen molar-refractivity contribution in [2.75, 3.05) is 25.0 Å². The number of imide groups is 1. The lowest BCUT2D eigenvalue weighted by atomic mass is 10.2. The molecule has 2 N–H and O–H groups in total.